The number of aromatic amines is 1. The lowest BCUT2D eigenvalue weighted by atomic mass is 10.1. The standard InChI is InChI=1S/C16H20N2O3/c1-11(16(20)21-2)18-15(19)9-5-6-12-10-17-14-8-4-3-7-13(12)14/h3-4,7-8,10-11,17H,5-6,9H2,1-2H3,(H,18,19). The Morgan fingerprint density at radius 3 is 2.86 bits per heavy atom. The van der Waals surface area contributed by atoms with Crippen molar-refractivity contribution in [2.45, 2.75) is 32.2 Å². The number of nitrogens with one attached hydrogen (secondary N) is 2. The molecule has 2 rings (SSSR count). The normalized spacial score (nSPS) is 12.1. The van der Waals surface area contributed by atoms with E-state index < -0.39 is 12.0 Å². The highest BCUT2D eigenvalue weighted by Gasteiger charge is 2.15. The van der Waals surface area contributed by atoms with E-state index in [1.807, 2.05) is 24.4 Å². The summed E-state index contributed by atoms with van der Waals surface area (Å²) in [7, 11) is 1.31. The number of amides is 1. The zero-order chi connectivity index (χ0) is 15.2. The average molecular weight is 288 g/mol. The number of ether oxygens (including phenoxy) is 1. The molecule has 0 aliphatic rings. The van der Waals surface area contributed by atoms with Gasteiger partial charge in [0.15, 0.2) is 0 Å². The molecule has 0 radical (unpaired) electrons. The van der Waals surface area contributed by atoms with Crippen molar-refractivity contribution in [3.8, 4) is 0 Å². The lowest BCUT2D eigenvalue weighted by Crippen LogP contribution is -2.39. The van der Waals surface area contributed by atoms with Gasteiger partial charge in [-0.1, -0.05) is 18.2 Å². The zero-order valence-corrected chi connectivity index (χ0v) is 12.3. The molecule has 5 nitrogen and oxygen atoms in total. The third-order valence-corrected chi connectivity index (χ3v) is 3.46. The monoisotopic (exact) mass is 288 g/mol. The number of carbonyl (C=O) groups excluding carboxylic acids is 2. The number of H-pyrrole nitrogens is 1. The lowest BCUT2D eigenvalue weighted by molar-refractivity contribution is -0.144. The lowest BCUT2D eigenvalue weighted by Gasteiger charge is -2.11. The van der Waals surface area contributed by atoms with Gasteiger partial charge < -0.3 is 15.0 Å². The third kappa shape index (κ3) is 3.84. The Kier molecular flexibility index (Phi) is 4.98. The van der Waals surface area contributed by atoms with Crippen LogP contribution in [0.25, 0.3) is 10.9 Å². The van der Waals surface area contributed by atoms with Gasteiger partial charge in [0.05, 0.1) is 7.11 Å². The van der Waals surface area contributed by atoms with Gasteiger partial charge in [-0.3, -0.25) is 4.79 Å². The number of para-hydroxylation sites is 1. The van der Waals surface area contributed by atoms with Crippen LogP contribution in [0.5, 0.6) is 0 Å². The number of hydrogen-bond donors (Lipinski definition) is 2. The highest BCUT2D eigenvalue weighted by atomic mass is 16.5. The number of aromatic nitrogens is 1. The van der Waals surface area contributed by atoms with E-state index in [9.17, 15) is 9.59 Å². The van der Waals surface area contributed by atoms with Crippen molar-refractivity contribution in [1.82, 2.24) is 10.3 Å². The summed E-state index contributed by atoms with van der Waals surface area (Å²) in [6, 6.07) is 7.49. The fourth-order valence-corrected chi connectivity index (χ4v) is 2.33. The highest BCUT2D eigenvalue weighted by Crippen LogP contribution is 2.19. The first-order chi connectivity index (χ1) is 10.1. The maximum absolute atomic E-state index is 11.7. The van der Waals surface area contributed by atoms with Crippen LogP contribution in [0.3, 0.4) is 0 Å². The minimum absolute atomic E-state index is 0.132. The first-order valence-corrected chi connectivity index (χ1v) is 7.04. The van der Waals surface area contributed by atoms with Crippen molar-refractivity contribution in [1.29, 1.82) is 0 Å². The summed E-state index contributed by atoms with van der Waals surface area (Å²) >= 11 is 0. The molecule has 0 spiro atoms. The van der Waals surface area contributed by atoms with Crippen LogP contribution in [-0.2, 0) is 20.7 Å². The maximum Gasteiger partial charge on any atom is 0.328 e. The second kappa shape index (κ2) is 6.92. The number of carbonyl (C=O) groups is 2. The number of benzene rings is 1. The zero-order valence-electron chi connectivity index (χ0n) is 12.3. The molecule has 0 aliphatic carbocycles. The summed E-state index contributed by atoms with van der Waals surface area (Å²) in [5.74, 6) is -0.562. The summed E-state index contributed by atoms with van der Waals surface area (Å²) in [6.07, 6.45) is 3.94. The average Bonchev–Trinajstić information content (AvgIpc) is 2.90. The Labute approximate surface area is 123 Å². The van der Waals surface area contributed by atoms with E-state index in [0.717, 1.165) is 18.4 Å². The maximum atomic E-state index is 11.7. The molecule has 1 aromatic carbocycles. The summed E-state index contributed by atoms with van der Waals surface area (Å²) in [4.78, 5) is 26.2. The SMILES string of the molecule is COC(=O)C(C)NC(=O)CCCc1c[nH]c2ccccc12. The van der Waals surface area contributed by atoms with Gasteiger partial charge in [0.1, 0.15) is 6.04 Å². The first-order valence-electron chi connectivity index (χ1n) is 7.04. The predicted octanol–water partition coefficient (Wildman–Crippen LogP) is 2.17. The van der Waals surface area contributed by atoms with Crippen LogP contribution in [0.1, 0.15) is 25.3 Å². The van der Waals surface area contributed by atoms with Crippen molar-refractivity contribution in [3.05, 3.63) is 36.0 Å². The quantitative estimate of drug-likeness (QED) is 0.800. The van der Waals surface area contributed by atoms with Crippen molar-refractivity contribution in [2.75, 3.05) is 7.11 Å². The van der Waals surface area contributed by atoms with E-state index in [2.05, 4.69) is 21.1 Å². The Morgan fingerprint density at radius 1 is 1.33 bits per heavy atom. The van der Waals surface area contributed by atoms with E-state index in [-0.39, 0.29) is 5.91 Å². The molecule has 0 fully saturated rings. The van der Waals surface area contributed by atoms with Crippen LogP contribution < -0.4 is 5.32 Å². The number of methoxy groups -OCH3 is 1. The number of hydrogen-bond acceptors (Lipinski definition) is 3. The molecule has 0 bridgehead atoms. The van der Waals surface area contributed by atoms with Gasteiger partial charge >= 0.3 is 5.97 Å². The van der Waals surface area contributed by atoms with E-state index in [1.54, 1.807) is 6.92 Å². The van der Waals surface area contributed by atoms with Gasteiger partial charge in [0.2, 0.25) is 5.91 Å². The summed E-state index contributed by atoms with van der Waals surface area (Å²) in [5, 5.41) is 3.82. The van der Waals surface area contributed by atoms with Crippen LogP contribution in [-0.4, -0.2) is 30.0 Å². The Hall–Kier alpha value is -2.30. The molecular formula is C16H20N2O3. The molecule has 0 aliphatic heterocycles. The molecule has 1 unspecified atom stereocenters. The molecule has 5 heteroatoms. The van der Waals surface area contributed by atoms with Crippen molar-refractivity contribution in [2.24, 2.45) is 0 Å². The minimum Gasteiger partial charge on any atom is -0.467 e. The van der Waals surface area contributed by atoms with Crippen molar-refractivity contribution < 1.29 is 14.3 Å². The van der Waals surface area contributed by atoms with Crippen LogP contribution in [0.15, 0.2) is 30.5 Å². The summed E-state index contributed by atoms with van der Waals surface area (Å²) < 4.78 is 4.57. The topological polar surface area (TPSA) is 71.2 Å². The van der Waals surface area contributed by atoms with Crippen molar-refractivity contribution >= 4 is 22.8 Å². The molecule has 1 amide bonds. The smallest absolute Gasteiger partial charge is 0.328 e. The van der Waals surface area contributed by atoms with Gasteiger partial charge in [0.25, 0.3) is 0 Å². The van der Waals surface area contributed by atoms with Crippen LogP contribution in [0, 0.1) is 0 Å². The molecule has 21 heavy (non-hydrogen) atoms. The molecular weight excluding hydrogens is 268 g/mol. The van der Waals surface area contributed by atoms with Crippen LogP contribution in [0.4, 0.5) is 0 Å². The predicted molar refractivity (Wildman–Crippen MR) is 80.9 cm³/mol. The first kappa shape index (κ1) is 15.1. The summed E-state index contributed by atoms with van der Waals surface area (Å²) in [5.41, 5.74) is 2.32. The molecule has 1 atom stereocenters. The van der Waals surface area contributed by atoms with Gasteiger partial charge in [-0.05, 0) is 31.4 Å². The van der Waals surface area contributed by atoms with E-state index in [4.69, 9.17) is 0 Å². The second-order valence-electron chi connectivity index (χ2n) is 5.03. The molecule has 0 saturated heterocycles. The van der Waals surface area contributed by atoms with Crippen molar-refractivity contribution in [3.63, 3.8) is 0 Å². The minimum atomic E-state index is -0.601. The fraction of sp³-hybridized carbons (Fsp3) is 0.375. The number of rotatable bonds is 6. The number of aryl methyl sites for hydroxylation is 1. The number of fused-ring (bicyclic) bond motifs is 1. The van der Waals surface area contributed by atoms with Gasteiger partial charge in [-0.15, -0.1) is 0 Å². The van der Waals surface area contributed by atoms with Crippen LogP contribution >= 0.6 is 0 Å². The summed E-state index contributed by atoms with van der Waals surface area (Å²) in [6.45, 7) is 1.61. The van der Waals surface area contributed by atoms with Gasteiger partial charge in [-0.2, -0.15) is 0 Å². The van der Waals surface area contributed by atoms with Crippen LogP contribution in [0.2, 0.25) is 0 Å². The Morgan fingerprint density at radius 2 is 2.10 bits per heavy atom. The third-order valence-electron chi connectivity index (χ3n) is 3.46. The van der Waals surface area contributed by atoms with E-state index in [0.29, 0.717) is 6.42 Å². The van der Waals surface area contributed by atoms with E-state index >= 15 is 0 Å². The molecule has 0 saturated carbocycles. The second-order valence-corrected chi connectivity index (χ2v) is 5.03. The molecule has 2 aromatic rings. The molecule has 2 N–H and O–H groups in total. The number of esters is 1. The van der Waals surface area contributed by atoms with Gasteiger partial charge in [-0.25, -0.2) is 4.79 Å². The molecule has 112 valence electrons. The highest BCUT2D eigenvalue weighted by molar-refractivity contribution is 5.84. The largest absolute Gasteiger partial charge is 0.467 e. The molecule has 1 heterocycles. The Bertz CT molecular complexity index is 633. The fourth-order valence-electron chi connectivity index (χ4n) is 2.33. The van der Waals surface area contributed by atoms with E-state index in [1.165, 1.54) is 18.1 Å². The molecule has 1 aromatic heterocycles. The Balaban J connectivity index is 1.81. The van der Waals surface area contributed by atoms with Gasteiger partial charge in [0, 0.05) is 23.5 Å².